The Bertz CT molecular complexity index is 715. The van der Waals surface area contributed by atoms with Crippen molar-refractivity contribution in [3.63, 3.8) is 0 Å². The average molecular weight is 265 g/mol. The SMILES string of the molecule is CCc1c(C#N)[nH]c(C=N)c1-c1ccc(C)c(C)c1C. The molecule has 20 heavy (non-hydrogen) atoms. The maximum absolute atomic E-state index is 9.24. The van der Waals surface area contributed by atoms with Crippen LogP contribution < -0.4 is 0 Å². The van der Waals surface area contributed by atoms with E-state index in [9.17, 15) is 5.26 Å². The molecular formula is C17H19N3. The summed E-state index contributed by atoms with van der Waals surface area (Å²) in [7, 11) is 0. The van der Waals surface area contributed by atoms with Gasteiger partial charge in [0, 0.05) is 11.8 Å². The number of aromatic nitrogens is 1. The molecule has 2 aromatic rings. The second kappa shape index (κ2) is 5.34. The molecule has 1 aromatic heterocycles. The van der Waals surface area contributed by atoms with Crippen LogP contribution in [0.25, 0.3) is 11.1 Å². The predicted molar refractivity (Wildman–Crippen MR) is 82.4 cm³/mol. The van der Waals surface area contributed by atoms with Crippen LogP contribution in [0.3, 0.4) is 0 Å². The lowest BCUT2D eigenvalue weighted by Crippen LogP contribution is -1.95. The number of rotatable bonds is 3. The summed E-state index contributed by atoms with van der Waals surface area (Å²) in [6.45, 7) is 8.35. The van der Waals surface area contributed by atoms with Crippen molar-refractivity contribution >= 4 is 6.21 Å². The van der Waals surface area contributed by atoms with Gasteiger partial charge in [-0.3, -0.25) is 0 Å². The summed E-state index contributed by atoms with van der Waals surface area (Å²) in [5, 5.41) is 16.8. The topological polar surface area (TPSA) is 63.4 Å². The zero-order chi connectivity index (χ0) is 14.9. The van der Waals surface area contributed by atoms with Crippen molar-refractivity contribution < 1.29 is 0 Å². The van der Waals surface area contributed by atoms with Crippen LogP contribution in [0.2, 0.25) is 0 Å². The van der Waals surface area contributed by atoms with Gasteiger partial charge in [0.05, 0.1) is 5.69 Å². The first kappa shape index (κ1) is 14.1. The Balaban J connectivity index is 2.82. The molecule has 0 unspecified atom stereocenters. The molecule has 0 bridgehead atoms. The molecule has 0 atom stereocenters. The van der Waals surface area contributed by atoms with Crippen LogP contribution in [-0.4, -0.2) is 11.2 Å². The molecule has 0 spiro atoms. The molecule has 0 aliphatic carbocycles. The van der Waals surface area contributed by atoms with Crippen LogP contribution in [0.1, 0.15) is 40.6 Å². The Labute approximate surface area is 119 Å². The summed E-state index contributed by atoms with van der Waals surface area (Å²) in [5.74, 6) is 0. The van der Waals surface area contributed by atoms with E-state index in [1.165, 1.54) is 22.9 Å². The van der Waals surface area contributed by atoms with Crippen molar-refractivity contribution in [2.45, 2.75) is 34.1 Å². The quantitative estimate of drug-likeness (QED) is 0.808. The van der Waals surface area contributed by atoms with Crippen molar-refractivity contribution in [3.8, 4) is 17.2 Å². The second-order valence-corrected chi connectivity index (χ2v) is 5.06. The van der Waals surface area contributed by atoms with Crippen molar-refractivity contribution in [1.82, 2.24) is 4.98 Å². The molecule has 1 aromatic carbocycles. The molecule has 1 heterocycles. The third kappa shape index (κ3) is 2.04. The van der Waals surface area contributed by atoms with Gasteiger partial charge in [0.2, 0.25) is 0 Å². The number of hydrogen-bond acceptors (Lipinski definition) is 2. The average Bonchev–Trinajstić information content (AvgIpc) is 2.82. The summed E-state index contributed by atoms with van der Waals surface area (Å²) in [6, 6.07) is 6.39. The highest BCUT2D eigenvalue weighted by Gasteiger charge is 2.18. The highest BCUT2D eigenvalue weighted by atomic mass is 14.7. The number of aromatic amines is 1. The molecule has 0 aliphatic rings. The van der Waals surface area contributed by atoms with Crippen molar-refractivity contribution in [1.29, 1.82) is 10.7 Å². The van der Waals surface area contributed by atoms with Gasteiger partial charge >= 0.3 is 0 Å². The normalized spacial score (nSPS) is 10.3. The molecule has 0 aliphatic heterocycles. The Morgan fingerprint density at radius 3 is 2.50 bits per heavy atom. The summed E-state index contributed by atoms with van der Waals surface area (Å²) < 4.78 is 0. The molecule has 2 rings (SSSR count). The van der Waals surface area contributed by atoms with Crippen molar-refractivity contribution in [3.05, 3.63) is 45.8 Å². The van der Waals surface area contributed by atoms with Crippen molar-refractivity contribution in [2.75, 3.05) is 0 Å². The van der Waals surface area contributed by atoms with Gasteiger partial charge in [-0.15, -0.1) is 0 Å². The third-order valence-corrected chi connectivity index (χ3v) is 4.07. The Morgan fingerprint density at radius 1 is 1.25 bits per heavy atom. The van der Waals surface area contributed by atoms with Crippen LogP contribution >= 0.6 is 0 Å². The van der Waals surface area contributed by atoms with E-state index in [-0.39, 0.29) is 0 Å². The van der Waals surface area contributed by atoms with Crippen LogP contribution in [-0.2, 0) is 6.42 Å². The number of nitrogens with zero attached hydrogens (tertiary/aromatic N) is 1. The molecule has 2 N–H and O–H groups in total. The van der Waals surface area contributed by atoms with Crippen LogP contribution in [0.4, 0.5) is 0 Å². The lowest BCUT2D eigenvalue weighted by molar-refractivity contribution is 1.12. The van der Waals surface area contributed by atoms with Crippen molar-refractivity contribution in [2.24, 2.45) is 0 Å². The molecule has 0 radical (unpaired) electrons. The fourth-order valence-corrected chi connectivity index (χ4v) is 2.65. The summed E-state index contributed by atoms with van der Waals surface area (Å²) in [6.07, 6.45) is 2.07. The summed E-state index contributed by atoms with van der Waals surface area (Å²) in [4.78, 5) is 3.06. The Morgan fingerprint density at radius 2 is 1.95 bits per heavy atom. The largest absolute Gasteiger partial charge is 0.345 e. The van der Waals surface area contributed by atoms with Crippen LogP contribution in [0.15, 0.2) is 12.1 Å². The first-order valence-electron chi connectivity index (χ1n) is 6.77. The standard InChI is InChI=1S/C17H19N3/c1-5-13-15(8-18)20-16(9-19)17(13)14-7-6-10(2)11(3)12(14)4/h6-7,9,19-20H,5H2,1-4H3. The van der Waals surface area contributed by atoms with E-state index in [0.717, 1.165) is 23.1 Å². The third-order valence-electron chi connectivity index (χ3n) is 4.07. The van der Waals surface area contributed by atoms with Gasteiger partial charge in [0.1, 0.15) is 11.8 Å². The van der Waals surface area contributed by atoms with Gasteiger partial charge in [0.25, 0.3) is 0 Å². The van der Waals surface area contributed by atoms with E-state index in [4.69, 9.17) is 5.41 Å². The van der Waals surface area contributed by atoms with Gasteiger partial charge in [-0.2, -0.15) is 5.26 Å². The first-order valence-corrected chi connectivity index (χ1v) is 6.77. The molecule has 0 saturated carbocycles. The molecule has 0 amide bonds. The van der Waals surface area contributed by atoms with E-state index in [1.807, 2.05) is 6.92 Å². The highest BCUT2D eigenvalue weighted by molar-refractivity contribution is 5.91. The fourth-order valence-electron chi connectivity index (χ4n) is 2.65. The highest BCUT2D eigenvalue weighted by Crippen LogP contribution is 2.34. The zero-order valence-electron chi connectivity index (χ0n) is 12.4. The predicted octanol–water partition coefficient (Wildman–Crippen LogP) is 4.04. The van der Waals surface area contributed by atoms with Gasteiger partial charge in [-0.05, 0) is 55.0 Å². The maximum atomic E-state index is 9.24. The second-order valence-electron chi connectivity index (χ2n) is 5.06. The Hall–Kier alpha value is -2.34. The van der Waals surface area contributed by atoms with Gasteiger partial charge in [-0.25, -0.2) is 0 Å². The molecule has 0 fully saturated rings. The lowest BCUT2D eigenvalue weighted by Gasteiger charge is -2.13. The molecule has 0 saturated heterocycles. The van der Waals surface area contributed by atoms with Gasteiger partial charge in [-0.1, -0.05) is 19.1 Å². The number of hydrogen-bond donors (Lipinski definition) is 2. The van der Waals surface area contributed by atoms with Gasteiger partial charge in [0.15, 0.2) is 0 Å². The van der Waals surface area contributed by atoms with Gasteiger partial charge < -0.3 is 10.4 Å². The monoisotopic (exact) mass is 265 g/mol. The smallest absolute Gasteiger partial charge is 0.121 e. The number of H-pyrrole nitrogens is 1. The minimum absolute atomic E-state index is 0.568. The summed E-state index contributed by atoms with van der Waals surface area (Å²) >= 11 is 0. The molecule has 102 valence electrons. The maximum Gasteiger partial charge on any atom is 0.121 e. The minimum Gasteiger partial charge on any atom is -0.345 e. The number of benzene rings is 1. The van der Waals surface area contributed by atoms with Crippen LogP contribution in [0, 0.1) is 37.5 Å². The van der Waals surface area contributed by atoms with E-state index in [2.05, 4.69) is 44.0 Å². The number of nitrogens with one attached hydrogen (secondary N) is 2. The molecular weight excluding hydrogens is 246 g/mol. The van der Waals surface area contributed by atoms with E-state index in [1.54, 1.807) is 0 Å². The molecule has 3 nitrogen and oxygen atoms in total. The zero-order valence-corrected chi connectivity index (χ0v) is 12.4. The minimum atomic E-state index is 0.568. The van der Waals surface area contributed by atoms with Crippen LogP contribution in [0.5, 0.6) is 0 Å². The fraction of sp³-hybridized carbons (Fsp3) is 0.294. The lowest BCUT2D eigenvalue weighted by atomic mass is 9.91. The molecule has 3 heteroatoms. The summed E-state index contributed by atoms with van der Waals surface area (Å²) in [5.41, 5.74) is 8.13. The Kier molecular flexibility index (Phi) is 3.76. The number of nitriles is 1. The number of aryl methyl sites for hydroxylation is 1. The first-order chi connectivity index (χ1) is 9.54. The van der Waals surface area contributed by atoms with E-state index in [0.29, 0.717) is 11.4 Å². The van der Waals surface area contributed by atoms with E-state index < -0.39 is 0 Å². The van der Waals surface area contributed by atoms with E-state index >= 15 is 0 Å².